The van der Waals surface area contributed by atoms with Crippen molar-refractivity contribution in [3.05, 3.63) is 94.2 Å². The van der Waals surface area contributed by atoms with E-state index in [0.717, 1.165) is 0 Å². The molecule has 4 aromatic carbocycles. The van der Waals surface area contributed by atoms with Gasteiger partial charge in [0.05, 0.1) is 69.3 Å². The van der Waals surface area contributed by atoms with Crippen molar-refractivity contribution in [1.82, 2.24) is 39.2 Å². The van der Waals surface area contributed by atoms with Gasteiger partial charge in [-0.25, -0.2) is 18.4 Å². The zero-order valence-electron chi connectivity index (χ0n) is 45.3. The summed E-state index contributed by atoms with van der Waals surface area (Å²) >= 11 is 8.17. The lowest BCUT2D eigenvalue weighted by atomic mass is 10.1. The van der Waals surface area contributed by atoms with Crippen molar-refractivity contribution in [3.8, 4) is 46.0 Å². The molecule has 0 spiro atoms. The first-order valence-electron chi connectivity index (χ1n) is 24.4. The van der Waals surface area contributed by atoms with Crippen molar-refractivity contribution < 1.29 is 65.0 Å². The fourth-order valence-electron chi connectivity index (χ4n) is 7.76. The van der Waals surface area contributed by atoms with Gasteiger partial charge in [0.1, 0.15) is 21.5 Å². The largest absolute Gasteiger partial charge is 0.497 e. The van der Waals surface area contributed by atoms with Gasteiger partial charge < -0.3 is 69.8 Å². The number of methoxy groups -OCH3 is 8. The topological polar surface area (TPSA) is 313 Å². The predicted octanol–water partition coefficient (Wildman–Crippen LogP) is 7.60. The van der Waals surface area contributed by atoms with Gasteiger partial charge in [-0.1, -0.05) is 23.2 Å². The summed E-state index contributed by atoms with van der Waals surface area (Å²) in [5.74, 6) is 3.27. The minimum Gasteiger partial charge on any atom is -0.497 e. The van der Waals surface area contributed by atoms with Gasteiger partial charge in [-0.15, -0.1) is 0 Å². The van der Waals surface area contributed by atoms with Crippen molar-refractivity contribution in [2.24, 2.45) is 0 Å². The van der Waals surface area contributed by atoms with Crippen molar-refractivity contribution in [3.63, 3.8) is 0 Å². The molecule has 6 rings (SSSR count). The monoisotopic (exact) mass is 1200 g/mol. The number of rotatable bonds is 32. The molecule has 436 valence electrons. The predicted molar refractivity (Wildman–Crippen MR) is 308 cm³/mol. The van der Waals surface area contributed by atoms with Gasteiger partial charge in [-0.3, -0.25) is 18.7 Å². The fraction of sp³-hybridized carbons (Fsp3) is 0.333. The standard InChI is InChI=1S/C51H62Cl2N12O14S2/c1-72-34-10-12-38(60-48-36(52)26-56-50(62-48)58-32-22-40(74-3)46(78-7)41(23-32)75-4)30(20-34)28-64(80(68)69)18-9-16-54-44(66)14-15-45(67)55-17-19-65(81(70)71)29-31-21-35(73-2)11-13-39(31)61-49-37(53)27-57-51(63-49)59-33-24-42(76-5)47(79-8)43(25-33)77-6/h10-13,20-27H,9,14-19,28-29H2,1-8H3,(H,54,66)(H,55,67)(H,68,69)(H,70,71)(H2,56,58,60,62)(H2,57,59,61,63). The molecule has 0 saturated carbocycles. The highest BCUT2D eigenvalue weighted by molar-refractivity contribution is 7.76. The van der Waals surface area contributed by atoms with E-state index in [1.165, 1.54) is 77.9 Å². The molecular formula is C51H62Cl2N12O14S2. The Balaban J connectivity index is 0.987. The Labute approximate surface area is 482 Å². The molecule has 2 amide bonds. The Morgan fingerprint density at radius 2 is 0.926 bits per heavy atom. The van der Waals surface area contributed by atoms with Gasteiger partial charge in [0, 0.05) is 99.1 Å². The van der Waals surface area contributed by atoms with Crippen molar-refractivity contribution in [2.45, 2.75) is 32.4 Å². The van der Waals surface area contributed by atoms with Gasteiger partial charge in [-0.2, -0.15) is 18.6 Å². The molecule has 0 fully saturated rings. The average Bonchev–Trinajstić information content (AvgIpc) is 3.46. The molecule has 2 heterocycles. The van der Waals surface area contributed by atoms with E-state index in [-0.39, 0.29) is 92.1 Å². The molecule has 2 aromatic heterocycles. The van der Waals surface area contributed by atoms with Crippen LogP contribution < -0.4 is 69.8 Å². The number of nitrogens with zero attached hydrogens (tertiary/aromatic N) is 6. The molecule has 0 radical (unpaired) electrons. The maximum absolute atomic E-state index is 12.9. The highest BCUT2D eigenvalue weighted by Crippen LogP contribution is 2.42. The number of anilines is 8. The van der Waals surface area contributed by atoms with E-state index >= 15 is 0 Å². The summed E-state index contributed by atoms with van der Waals surface area (Å²) in [7, 11) is 12.0. The van der Waals surface area contributed by atoms with Crippen molar-refractivity contribution in [2.75, 3.05) is 104 Å². The summed E-state index contributed by atoms with van der Waals surface area (Å²) in [5, 5.41) is 18.4. The van der Waals surface area contributed by atoms with Crippen LogP contribution in [0.25, 0.3) is 0 Å². The minimum absolute atomic E-state index is 0.0349. The van der Waals surface area contributed by atoms with Crippen LogP contribution in [0.1, 0.15) is 30.4 Å². The number of carbonyl (C=O) groups excluding carboxylic acids is 2. The molecule has 0 saturated heterocycles. The number of ether oxygens (including phenoxy) is 8. The normalized spacial score (nSPS) is 11.7. The Kier molecular flexibility index (Phi) is 23.7. The second-order valence-electron chi connectivity index (χ2n) is 16.9. The van der Waals surface area contributed by atoms with E-state index in [0.29, 0.717) is 79.9 Å². The Morgan fingerprint density at radius 3 is 1.30 bits per heavy atom. The number of aromatic nitrogens is 4. The average molecular weight is 1200 g/mol. The van der Waals surface area contributed by atoms with E-state index < -0.39 is 34.3 Å². The van der Waals surface area contributed by atoms with Crippen LogP contribution in [0.3, 0.4) is 0 Å². The molecule has 6 aromatic rings. The lowest BCUT2D eigenvalue weighted by molar-refractivity contribution is -0.126. The second-order valence-corrected chi connectivity index (χ2v) is 19.7. The molecule has 30 heteroatoms. The number of hydrogen-bond donors (Lipinski definition) is 8. The minimum atomic E-state index is -2.49. The van der Waals surface area contributed by atoms with Crippen LogP contribution in [0.4, 0.5) is 46.3 Å². The van der Waals surface area contributed by atoms with Crippen LogP contribution in [-0.2, 0) is 45.2 Å². The van der Waals surface area contributed by atoms with Crippen LogP contribution in [0.2, 0.25) is 10.0 Å². The molecule has 0 aliphatic rings. The molecule has 2 atom stereocenters. The number of nitrogens with one attached hydrogen (secondary N) is 6. The number of halogens is 2. The van der Waals surface area contributed by atoms with Crippen LogP contribution in [0.5, 0.6) is 46.0 Å². The molecular weight excluding hydrogens is 1140 g/mol. The van der Waals surface area contributed by atoms with Crippen LogP contribution in [0, 0.1) is 0 Å². The maximum Gasteiger partial charge on any atom is 0.234 e. The van der Waals surface area contributed by atoms with Crippen molar-refractivity contribution >= 4 is 104 Å². The van der Waals surface area contributed by atoms with Gasteiger partial charge >= 0.3 is 0 Å². The van der Waals surface area contributed by atoms with Crippen LogP contribution in [0.15, 0.2) is 73.1 Å². The molecule has 8 N–H and O–H groups in total. The second kappa shape index (κ2) is 30.8. The highest BCUT2D eigenvalue weighted by atomic mass is 35.5. The summed E-state index contributed by atoms with van der Waals surface area (Å²) in [6.07, 6.45) is 2.74. The fourth-order valence-corrected chi connectivity index (χ4v) is 9.07. The third-order valence-electron chi connectivity index (χ3n) is 11.8. The molecule has 0 aliphatic heterocycles. The van der Waals surface area contributed by atoms with E-state index in [9.17, 15) is 27.1 Å². The first kappa shape index (κ1) is 62.5. The third-order valence-corrected chi connectivity index (χ3v) is 13.8. The van der Waals surface area contributed by atoms with Crippen molar-refractivity contribution in [1.29, 1.82) is 0 Å². The Morgan fingerprint density at radius 1 is 0.531 bits per heavy atom. The molecule has 0 aliphatic carbocycles. The number of carbonyl (C=O) groups is 2. The van der Waals surface area contributed by atoms with Gasteiger partial charge in [0.2, 0.25) is 57.7 Å². The third kappa shape index (κ3) is 17.6. The maximum atomic E-state index is 12.9. The van der Waals surface area contributed by atoms with Gasteiger partial charge in [-0.05, 0) is 53.9 Å². The van der Waals surface area contributed by atoms with E-state index in [4.69, 9.17) is 61.1 Å². The molecule has 2 unspecified atom stereocenters. The number of hydrogen-bond acceptors (Lipinski definition) is 20. The highest BCUT2D eigenvalue weighted by Gasteiger charge is 2.21. The lowest BCUT2D eigenvalue weighted by Gasteiger charge is -2.21. The summed E-state index contributed by atoms with van der Waals surface area (Å²) in [6, 6.07) is 16.9. The molecule has 81 heavy (non-hydrogen) atoms. The lowest BCUT2D eigenvalue weighted by Crippen LogP contribution is -2.36. The molecule has 0 bridgehead atoms. The molecule has 26 nitrogen and oxygen atoms in total. The Hall–Kier alpha value is -7.70. The van der Waals surface area contributed by atoms with E-state index in [1.807, 2.05) is 0 Å². The van der Waals surface area contributed by atoms with Gasteiger partial charge in [0.25, 0.3) is 0 Å². The first-order chi connectivity index (χ1) is 39.0. The van der Waals surface area contributed by atoms with E-state index in [2.05, 4.69) is 51.8 Å². The van der Waals surface area contributed by atoms with Gasteiger partial charge in [0.15, 0.2) is 34.6 Å². The van der Waals surface area contributed by atoms with Crippen LogP contribution in [-0.4, -0.2) is 141 Å². The summed E-state index contributed by atoms with van der Waals surface area (Å²) in [6.45, 7) is -0.00648. The number of benzene rings is 4. The SMILES string of the molecule is COc1ccc(Nc2nc(Nc3cc(OC)c(OC)c(OC)c3)ncc2Cl)c(CN(CCCNC(=O)CCC(=O)NCCN(Cc2cc(OC)ccc2Nc2nc(Nc3cc(OC)c(OC)c(OC)c3)ncc2Cl)S(=O)O)S(=O)O)c1. The zero-order valence-corrected chi connectivity index (χ0v) is 48.5. The first-order valence-corrected chi connectivity index (χ1v) is 27.2. The number of amides is 2. The van der Waals surface area contributed by atoms with E-state index in [1.54, 1.807) is 60.7 Å². The summed E-state index contributed by atoms with van der Waals surface area (Å²) < 4.78 is 92.0. The summed E-state index contributed by atoms with van der Waals surface area (Å²) in [5.41, 5.74) is 3.10. The zero-order chi connectivity index (χ0) is 58.6. The Bertz CT molecular complexity index is 3140. The summed E-state index contributed by atoms with van der Waals surface area (Å²) in [4.78, 5) is 43.4. The smallest absolute Gasteiger partial charge is 0.234 e. The quantitative estimate of drug-likeness (QED) is 0.0149. The van der Waals surface area contributed by atoms with Crippen LogP contribution >= 0.6 is 23.2 Å².